The van der Waals surface area contributed by atoms with E-state index in [2.05, 4.69) is 11.0 Å². The third kappa shape index (κ3) is 4.19. The van der Waals surface area contributed by atoms with Crippen molar-refractivity contribution in [2.45, 2.75) is 26.3 Å². The van der Waals surface area contributed by atoms with E-state index >= 15 is 0 Å². The van der Waals surface area contributed by atoms with Gasteiger partial charge in [0.25, 0.3) is 0 Å². The maximum atomic E-state index is 12.5. The van der Waals surface area contributed by atoms with Crippen molar-refractivity contribution in [3.8, 4) is 17.3 Å². The Labute approximate surface area is 187 Å². The number of rotatable bonds is 4. The number of hydrogen-bond donors (Lipinski definition) is 0. The van der Waals surface area contributed by atoms with Crippen LogP contribution in [0.2, 0.25) is 5.02 Å². The second-order valence-electron chi connectivity index (χ2n) is 8.22. The molecular formula is C24H24ClN5O. The highest BCUT2D eigenvalue weighted by molar-refractivity contribution is 6.31. The van der Waals surface area contributed by atoms with Crippen molar-refractivity contribution >= 4 is 34.4 Å². The van der Waals surface area contributed by atoms with Crippen molar-refractivity contribution in [1.29, 1.82) is 5.26 Å². The average Bonchev–Trinajstić information content (AvgIpc) is 3.26. The molecule has 1 atom stereocenters. The second-order valence-corrected chi connectivity index (χ2v) is 8.65. The smallest absolute Gasteiger partial charge is 0.225 e. The lowest BCUT2D eigenvalue weighted by Gasteiger charge is -2.27. The van der Waals surface area contributed by atoms with Crippen molar-refractivity contribution in [2.75, 3.05) is 25.0 Å². The van der Waals surface area contributed by atoms with Crippen LogP contribution in [-0.4, -0.2) is 47.0 Å². The Morgan fingerprint density at radius 3 is 2.61 bits per heavy atom. The molecule has 158 valence electrons. The van der Waals surface area contributed by atoms with Crippen LogP contribution in [0.15, 0.2) is 42.5 Å². The summed E-state index contributed by atoms with van der Waals surface area (Å²) in [6.45, 7) is 5.29. The number of aromatic nitrogens is 2. The molecule has 1 aromatic heterocycles. The molecule has 0 aliphatic carbocycles. The minimum Gasteiger partial charge on any atom is -0.353 e. The fourth-order valence-corrected chi connectivity index (χ4v) is 4.27. The summed E-state index contributed by atoms with van der Waals surface area (Å²) < 4.78 is 0. The molecule has 0 N–H and O–H groups in total. The number of halogens is 1. The Morgan fingerprint density at radius 2 is 1.94 bits per heavy atom. The number of nitrogens with zero attached hydrogens (tertiary/aromatic N) is 5. The summed E-state index contributed by atoms with van der Waals surface area (Å²) in [6.07, 6.45) is 0.863. The van der Waals surface area contributed by atoms with Crippen molar-refractivity contribution < 1.29 is 4.79 Å². The molecule has 1 saturated heterocycles. The summed E-state index contributed by atoms with van der Waals surface area (Å²) in [6, 6.07) is 15.2. The van der Waals surface area contributed by atoms with E-state index in [4.69, 9.17) is 21.6 Å². The van der Waals surface area contributed by atoms with Gasteiger partial charge in [-0.2, -0.15) is 5.26 Å². The van der Waals surface area contributed by atoms with E-state index in [1.165, 1.54) is 0 Å². The van der Waals surface area contributed by atoms with Crippen molar-refractivity contribution in [3.63, 3.8) is 0 Å². The highest BCUT2D eigenvalue weighted by Gasteiger charge is 2.31. The van der Waals surface area contributed by atoms with Gasteiger partial charge >= 0.3 is 0 Å². The van der Waals surface area contributed by atoms with E-state index in [0.717, 1.165) is 35.4 Å². The number of carbonyl (C=O) groups is 1. The van der Waals surface area contributed by atoms with Gasteiger partial charge in [-0.1, -0.05) is 37.6 Å². The molecular weight excluding hydrogens is 410 g/mol. The maximum Gasteiger partial charge on any atom is 0.225 e. The average molecular weight is 434 g/mol. The van der Waals surface area contributed by atoms with E-state index in [-0.39, 0.29) is 17.9 Å². The lowest BCUT2D eigenvalue weighted by Crippen LogP contribution is -2.41. The van der Waals surface area contributed by atoms with Gasteiger partial charge in [-0.15, -0.1) is 0 Å². The molecule has 1 aliphatic rings. The summed E-state index contributed by atoms with van der Waals surface area (Å²) in [5.41, 5.74) is 3.51. The Balaban J connectivity index is 1.77. The number of amides is 1. The molecule has 2 heterocycles. The summed E-state index contributed by atoms with van der Waals surface area (Å²) >= 11 is 6.28. The second kappa shape index (κ2) is 8.52. The topological polar surface area (TPSA) is 73.1 Å². The van der Waals surface area contributed by atoms with Crippen LogP contribution in [0.4, 0.5) is 5.82 Å². The zero-order valence-corrected chi connectivity index (χ0v) is 18.6. The zero-order valence-electron chi connectivity index (χ0n) is 17.8. The van der Waals surface area contributed by atoms with Gasteiger partial charge in [0.1, 0.15) is 5.69 Å². The molecule has 7 heteroatoms. The van der Waals surface area contributed by atoms with Gasteiger partial charge in [0.05, 0.1) is 28.7 Å². The fraction of sp³-hybridized carbons (Fsp3) is 0.333. The normalized spacial score (nSPS) is 16.0. The van der Waals surface area contributed by atoms with Gasteiger partial charge in [-0.3, -0.25) is 4.79 Å². The monoisotopic (exact) mass is 433 g/mol. The standard InChI is InChI=1S/C24H24ClN5O/c1-15(2)24(31)29(3)19-8-9-30(14-19)23-22(17-10-16(13-26)11-18(25)12-17)27-20-6-4-5-7-21(20)28-23/h4-7,10-12,15,19H,8-9,14H2,1-3H3/t19-/m0/s1. The maximum absolute atomic E-state index is 12.5. The van der Waals surface area contributed by atoms with Crippen molar-refractivity contribution in [2.24, 2.45) is 5.92 Å². The molecule has 31 heavy (non-hydrogen) atoms. The SMILES string of the molecule is CC(C)C(=O)N(C)[C@H]1CCN(c2nc3ccccc3nc2-c2cc(Cl)cc(C#N)c2)C1. The summed E-state index contributed by atoms with van der Waals surface area (Å²) in [7, 11) is 1.87. The molecule has 3 aromatic rings. The third-order valence-electron chi connectivity index (χ3n) is 5.70. The molecule has 0 bridgehead atoms. The van der Waals surface area contributed by atoms with Gasteiger partial charge in [0.15, 0.2) is 5.82 Å². The molecule has 1 aliphatic heterocycles. The highest BCUT2D eigenvalue weighted by Crippen LogP contribution is 2.34. The molecule has 6 nitrogen and oxygen atoms in total. The molecule has 2 aromatic carbocycles. The number of likely N-dealkylation sites (N-methyl/N-ethyl adjacent to an activating group) is 1. The number of hydrogen-bond acceptors (Lipinski definition) is 5. The first-order valence-electron chi connectivity index (χ1n) is 10.4. The predicted octanol–water partition coefficient (Wildman–Crippen LogP) is 4.51. The van der Waals surface area contributed by atoms with Gasteiger partial charge in [0.2, 0.25) is 5.91 Å². The molecule has 1 amide bonds. The Morgan fingerprint density at radius 1 is 1.23 bits per heavy atom. The van der Waals surface area contributed by atoms with Crippen LogP contribution in [-0.2, 0) is 4.79 Å². The number of nitriles is 1. The number of carbonyl (C=O) groups excluding carboxylic acids is 1. The summed E-state index contributed by atoms with van der Waals surface area (Å²) in [4.78, 5) is 26.3. The van der Waals surface area contributed by atoms with E-state index < -0.39 is 0 Å². The van der Waals surface area contributed by atoms with Crippen LogP contribution in [0.3, 0.4) is 0 Å². The van der Waals surface area contributed by atoms with E-state index in [1.54, 1.807) is 12.1 Å². The number of para-hydroxylation sites is 2. The highest BCUT2D eigenvalue weighted by atomic mass is 35.5. The third-order valence-corrected chi connectivity index (χ3v) is 5.92. The Hall–Kier alpha value is -3.17. The summed E-state index contributed by atoms with van der Waals surface area (Å²) in [5, 5.41) is 9.87. The number of benzene rings is 2. The van der Waals surface area contributed by atoms with Gasteiger partial charge in [-0.25, -0.2) is 9.97 Å². The van der Waals surface area contributed by atoms with E-state index in [1.807, 2.05) is 56.1 Å². The van der Waals surface area contributed by atoms with Gasteiger partial charge in [0, 0.05) is 36.6 Å². The van der Waals surface area contributed by atoms with Crippen LogP contribution < -0.4 is 4.90 Å². The van der Waals surface area contributed by atoms with E-state index in [9.17, 15) is 10.1 Å². The lowest BCUT2D eigenvalue weighted by atomic mass is 10.1. The molecule has 4 rings (SSSR count). The minimum atomic E-state index is -0.0362. The van der Waals surface area contributed by atoms with Crippen LogP contribution in [0.5, 0.6) is 0 Å². The van der Waals surface area contributed by atoms with Crippen LogP contribution in [0.25, 0.3) is 22.3 Å². The lowest BCUT2D eigenvalue weighted by molar-refractivity contribution is -0.134. The van der Waals surface area contributed by atoms with Crippen LogP contribution >= 0.6 is 11.6 Å². The molecule has 0 unspecified atom stereocenters. The molecule has 0 saturated carbocycles. The van der Waals surface area contributed by atoms with E-state index in [0.29, 0.717) is 22.8 Å². The molecule has 0 spiro atoms. The first-order chi connectivity index (χ1) is 14.9. The number of fused-ring (bicyclic) bond motifs is 1. The number of anilines is 1. The summed E-state index contributed by atoms with van der Waals surface area (Å²) in [5.74, 6) is 0.855. The quantitative estimate of drug-likeness (QED) is 0.605. The Kier molecular flexibility index (Phi) is 5.79. The molecule has 1 fully saturated rings. The minimum absolute atomic E-state index is 0.0362. The van der Waals surface area contributed by atoms with Crippen LogP contribution in [0, 0.1) is 17.2 Å². The fourth-order valence-electron chi connectivity index (χ4n) is 4.03. The first-order valence-corrected chi connectivity index (χ1v) is 10.7. The molecule has 0 radical (unpaired) electrons. The first kappa shape index (κ1) is 21.1. The van der Waals surface area contributed by atoms with Crippen molar-refractivity contribution in [3.05, 3.63) is 53.1 Å². The van der Waals surface area contributed by atoms with Gasteiger partial charge in [-0.05, 0) is 36.8 Å². The van der Waals surface area contributed by atoms with Crippen LogP contribution in [0.1, 0.15) is 25.8 Å². The Bertz CT molecular complexity index is 1190. The van der Waals surface area contributed by atoms with Crippen molar-refractivity contribution in [1.82, 2.24) is 14.9 Å². The largest absolute Gasteiger partial charge is 0.353 e. The van der Waals surface area contributed by atoms with Gasteiger partial charge < -0.3 is 9.80 Å². The zero-order chi connectivity index (χ0) is 22.1. The predicted molar refractivity (Wildman–Crippen MR) is 123 cm³/mol.